The lowest BCUT2D eigenvalue weighted by molar-refractivity contribution is 0.509. The summed E-state index contributed by atoms with van der Waals surface area (Å²) in [5.41, 5.74) is 1.49. The van der Waals surface area contributed by atoms with Crippen molar-refractivity contribution in [2.24, 2.45) is 10.2 Å². The molecule has 0 saturated heterocycles. The number of halogens is 2. The smallest absolute Gasteiger partial charge is 0.175 e. The summed E-state index contributed by atoms with van der Waals surface area (Å²) in [5.74, 6) is -1.33. The molecule has 18 heavy (non-hydrogen) atoms. The molecule has 0 unspecified atom stereocenters. The predicted octanol–water partition coefficient (Wildman–Crippen LogP) is 3.45. The molecule has 0 spiro atoms. The van der Waals surface area contributed by atoms with Gasteiger partial charge in [-0.25, -0.2) is 8.78 Å². The second-order valence-corrected chi connectivity index (χ2v) is 3.59. The molecule has 0 aliphatic heterocycles. The summed E-state index contributed by atoms with van der Waals surface area (Å²) < 4.78 is 25.7. The Balaban J connectivity index is 2.29. The highest BCUT2D eigenvalue weighted by atomic mass is 19.2. The second kappa shape index (κ2) is 4.91. The molecule has 1 heterocycles. The minimum atomic E-state index is -0.954. The van der Waals surface area contributed by atoms with Crippen molar-refractivity contribution >= 4 is 17.2 Å². The number of aromatic nitrogens is 2. The molecule has 1 aromatic carbocycles. The van der Waals surface area contributed by atoms with Gasteiger partial charge < -0.3 is 5.32 Å². The van der Waals surface area contributed by atoms with E-state index in [1.807, 2.05) is 0 Å². The van der Waals surface area contributed by atoms with Crippen molar-refractivity contribution in [1.82, 2.24) is 10.2 Å². The zero-order chi connectivity index (χ0) is 13.1. The Morgan fingerprint density at radius 2 is 2.00 bits per heavy atom. The van der Waals surface area contributed by atoms with Gasteiger partial charge in [-0.3, -0.25) is 5.10 Å². The van der Waals surface area contributed by atoms with E-state index < -0.39 is 11.6 Å². The Morgan fingerprint density at radius 1 is 1.22 bits per heavy atom. The molecule has 0 saturated carbocycles. The number of hydrogen-bond donors (Lipinski definition) is 2. The third-order valence-electron chi connectivity index (χ3n) is 2.32. The average Bonchev–Trinajstić information content (AvgIpc) is 2.71. The van der Waals surface area contributed by atoms with Gasteiger partial charge in [0.15, 0.2) is 23.1 Å². The van der Waals surface area contributed by atoms with Crippen LogP contribution in [-0.2, 0) is 0 Å². The third-order valence-corrected chi connectivity index (χ3v) is 2.32. The molecule has 1 aromatic heterocycles. The largest absolute Gasteiger partial charge is 0.370 e. The average molecular weight is 251 g/mol. The van der Waals surface area contributed by atoms with Gasteiger partial charge in [-0.05, 0) is 19.1 Å². The molecule has 5 nitrogen and oxygen atoms in total. The summed E-state index contributed by atoms with van der Waals surface area (Å²) in [7, 11) is 1.70. The van der Waals surface area contributed by atoms with Crippen LogP contribution in [0.5, 0.6) is 0 Å². The van der Waals surface area contributed by atoms with Gasteiger partial charge in [-0.1, -0.05) is 0 Å². The molecule has 0 atom stereocenters. The quantitative estimate of drug-likeness (QED) is 0.820. The number of H-pyrrole nitrogens is 1. The van der Waals surface area contributed by atoms with Crippen LogP contribution in [-0.4, -0.2) is 17.2 Å². The SMILES string of the molecule is CNc1n[nH]c(C)c1N=Nc1ccc(F)c(F)c1. The lowest BCUT2D eigenvalue weighted by Crippen LogP contribution is -1.87. The third kappa shape index (κ3) is 2.34. The molecule has 7 heteroatoms. The van der Waals surface area contributed by atoms with Crippen LogP contribution in [0.3, 0.4) is 0 Å². The molecule has 2 rings (SSSR count). The molecule has 0 aliphatic carbocycles. The lowest BCUT2D eigenvalue weighted by Gasteiger charge is -1.96. The van der Waals surface area contributed by atoms with E-state index in [1.54, 1.807) is 14.0 Å². The maximum Gasteiger partial charge on any atom is 0.175 e. The van der Waals surface area contributed by atoms with Crippen LogP contribution in [0.4, 0.5) is 26.0 Å². The van der Waals surface area contributed by atoms with Gasteiger partial charge >= 0.3 is 0 Å². The number of aromatic amines is 1. The number of anilines is 1. The fourth-order valence-corrected chi connectivity index (χ4v) is 1.37. The van der Waals surface area contributed by atoms with Crippen molar-refractivity contribution in [3.63, 3.8) is 0 Å². The van der Waals surface area contributed by atoms with Gasteiger partial charge in [0.25, 0.3) is 0 Å². The molecular weight excluding hydrogens is 240 g/mol. The Morgan fingerprint density at radius 3 is 2.67 bits per heavy atom. The Hall–Kier alpha value is -2.31. The van der Waals surface area contributed by atoms with Gasteiger partial charge in [0.2, 0.25) is 0 Å². The molecular formula is C11H11F2N5. The predicted molar refractivity (Wildman–Crippen MR) is 63.4 cm³/mol. The van der Waals surface area contributed by atoms with E-state index in [-0.39, 0.29) is 5.69 Å². The molecule has 94 valence electrons. The van der Waals surface area contributed by atoms with Crippen LogP contribution in [0.2, 0.25) is 0 Å². The highest BCUT2D eigenvalue weighted by molar-refractivity contribution is 5.62. The Kier molecular flexibility index (Phi) is 3.31. The number of azo groups is 1. The molecule has 2 aromatic rings. The lowest BCUT2D eigenvalue weighted by atomic mass is 10.3. The molecule has 0 aliphatic rings. The van der Waals surface area contributed by atoms with Crippen molar-refractivity contribution in [2.75, 3.05) is 12.4 Å². The summed E-state index contributed by atoms with van der Waals surface area (Å²) in [4.78, 5) is 0. The van der Waals surface area contributed by atoms with Crippen LogP contribution in [0.25, 0.3) is 0 Å². The zero-order valence-corrected chi connectivity index (χ0v) is 9.83. The number of hydrogen-bond acceptors (Lipinski definition) is 4. The van der Waals surface area contributed by atoms with E-state index >= 15 is 0 Å². The topological polar surface area (TPSA) is 65.4 Å². The van der Waals surface area contributed by atoms with E-state index in [2.05, 4.69) is 25.7 Å². The van der Waals surface area contributed by atoms with Gasteiger partial charge in [-0.15, -0.1) is 5.11 Å². The molecule has 0 amide bonds. The number of nitrogens with one attached hydrogen (secondary N) is 2. The van der Waals surface area contributed by atoms with Gasteiger partial charge in [0.05, 0.1) is 11.4 Å². The number of benzene rings is 1. The summed E-state index contributed by atoms with van der Waals surface area (Å²) >= 11 is 0. The first kappa shape index (κ1) is 12.2. The van der Waals surface area contributed by atoms with E-state index in [9.17, 15) is 8.78 Å². The van der Waals surface area contributed by atoms with Gasteiger partial charge in [-0.2, -0.15) is 10.2 Å². The van der Waals surface area contributed by atoms with Crippen molar-refractivity contribution in [3.8, 4) is 0 Å². The molecule has 0 bridgehead atoms. The van der Waals surface area contributed by atoms with Crippen LogP contribution in [0, 0.1) is 18.6 Å². The number of aryl methyl sites for hydroxylation is 1. The normalized spacial score (nSPS) is 11.1. The van der Waals surface area contributed by atoms with Crippen LogP contribution in [0.15, 0.2) is 28.4 Å². The fourth-order valence-electron chi connectivity index (χ4n) is 1.37. The first-order chi connectivity index (χ1) is 8.61. The van der Waals surface area contributed by atoms with Crippen molar-refractivity contribution in [2.45, 2.75) is 6.92 Å². The van der Waals surface area contributed by atoms with E-state index in [0.717, 1.165) is 17.8 Å². The van der Waals surface area contributed by atoms with Gasteiger partial charge in [0.1, 0.15) is 0 Å². The molecule has 0 fully saturated rings. The van der Waals surface area contributed by atoms with Gasteiger partial charge in [0, 0.05) is 13.1 Å². The maximum atomic E-state index is 13.0. The second-order valence-electron chi connectivity index (χ2n) is 3.59. The highest BCUT2D eigenvalue weighted by Crippen LogP contribution is 2.28. The standard InChI is InChI=1S/C11H11F2N5/c1-6-10(11(14-2)18-15-6)17-16-7-3-4-8(12)9(13)5-7/h3-5H,1-2H3,(H2,14,15,18). The highest BCUT2D eigenvalue weighted by Gasteiger charge is 2.08. The number of rotatable bonds is 3. The van der Waals surface area contributed by atoms with Crippen LogP contribution in [0.1, 0.15) is 5.69 Å². The van der Waals surface area contributed by atoms with Crippen molar-refractivity contribution in [3.05, 3.63) is 35.5 Å². The monoisotopic (exact) mass is 251 g/mol. The summed E-state index contributed by atoms with van der Waals surface area (Å²) in [6.07, 6.45) is 0. The summed E-state index contributed by atoms with van der Waals surface area (Å²) in [6, 6.07) is 3.33. The molecule has 0 radical (unpaired) electrons. The summed E-state index contributed by atoms with van der Waals surface area (Å²) in [6.45, 7) is 1.79. The Bertz CT molecular complexity index is 591. The van der Waals surface area contributed by atoms with E-state index in [4.69, 9.17) is 0 Å². The van der Waals surface area contributed by atoms with Crippen molar-refractivity contribution < 1.29 is 8.78 Å². The maximum absolute atomic E-state index is 13.0. The first-order valence-electron chi connectivity index (χ1n) is 5.21. The minimum Gasteiger partial charge on any atom is -0.370 e. The molecule has 2 N–H and O–H groups in total. The fraction of sp³-hybridized carbons (Fsp3) is 0.182. The summed E-state index contributed by atoms with van der Waals surface area (Å²) in [5, 5.41) is 17.3. The zero-order valence-electron chi connectivity index (χ0n) is 9.83. The van der Waals surface area contributed by atoms with Crippen molar-refractivity contribution in [1.29, 1.82) is 0 Å². The Labute approximate surface area is 102 Å². The van der Waals surface area contributed by atoms with E-state index in [0.29, 0.717) is 11.5 Å². The van der Waals surface area contributed by atoms with Crippen LogP contribution < -0.4 is 5.32 Å². The minimum absolute atomic E-state index is 0.233. The first-order valence-corrected chi connectivity index (χ1v) is 5.21. The number of nitrogens with zero attached hydrogens (tertiary/aromatic N) is 3. The van der Waals surface area contributed by atoms with Crippen LogP contribution >= 0.6 is 0 Å². The van der Waals surface area contributed by atoms with E-state index in [1.165, 1.54) is 6.07 Å².